The third-order valence-electron chi connectivity index (χ3n) is 4.72. The summed E-state index contributed by atoms with van der Waals surface area (Å²) in [6.07, 6.45) is 6.26. The Morgan fingerprint density at radius 1 is 1.15 bits per heavy atom. The van der Waals surface area contributed by atoms with Crippen molar-refractivity contribution in [2.45, 2.75) is 31.7 Å². The minimum Gasteiger partial charge on any atom is -0.339 e. The zero-order chi connectivity index (χ0) is 17.8. The van der Waals surface area contributed by atoms with Crippen LogP contribution in [-0.2, 0) is 11.2 Å². The van der Waals surface area contributed by atoms with Crippen LogP contribution < -0.4 is 0 Å². The van der Waals surface area contributed by atoms with Crippen LogP contribution in [0.25, 0.3) is 11.4 Å². The van der Waals surface area contributed by atoms with Crippen molar-refractivity contribution in [3.63, 3.8) is 0 Å². The number of aryl methyl sites for hydroxylation is 1. The average molecular weight is 348 g/mol. The molecule has 1 saturated heterocycles. The molecule has 0 spiro atoms. The summed E-state index contributed by atoms with van der Waals surface area (Å²) in [6, 6.07) is 14.1. The Morgan fingerprint density at radius 2 is 1.96 bits per heavy atom. The van der Waals surface area contributed by atoms with E-state index in [0.717, 1.165) is 24.9 Å². The zero-order valence-electron chi connectivity index (χ0n) is 14.4. The van der Waals surface area contributed by atoms with E-state index in [1.54, 1.807) is 12.4 Å². The second-order valence-electron chi connectivity index (χ2n) is 6.40. The van der Waals surface area contributed by atoms with Crippen molar-refractivity contribution < 1.29 is 9.32 Å². The lowest BCUT2D eigenvalue weighted by Gasteiger charge is -2.25. The topological polar surface area (TPSA) is 72.1 Å². The van der Waals surface area contributed by atoms with Crippen molar-refractivity contribution in [3.05, 3.63) is 66.3 Å². The van der Waals surface area contributed by atoms with Crippen LogP contribution in [0.1, 0.15) is 36.8 Å². The van der Waals surface area contributed by atoms with E-state index in [-0.39, 0.29) is 11.9 Å². The molecule has 2 aromatic heterocycles. The average Bonchev–Trinajstić information content (AvgIpc) is 3.37. The Labute approximate surface area is 151 Å². The van der Waals surface area contributed by atoms with Crippen molar-refractivity contribution in [2.75, 3.05) is 6.54 Å². The van der Waals surface area contributed by atoms with E-state index in [1.807, 2.05) is 35.2 Å². The number of likely N-dealkylation sites (tertiary alicyclic amines) is 1. The molecule has 1 aromatic carbocycles. The highest BCUT2D eigenvalue weighted by molar-refractivity contribution is 5.77. The van der Waals surface area contributed by atoms with Gasteiger partial charge in [0.05, 0.1) is 6.04 Å². The van der Waals surface area contributed by atoms with Crippen LogP contribution in [0.4, 0.5) is 0 Å². The molecule has 0 N–H and O–H groups in total. The summed E-state index contributed by atoms with van der Waals surface area (Å²) >= 11 is 0. The third-order valence-corrected chi connectivity index (χ3v) is 4.72. The first-order chi connectivity index (χ1) is 12.8. The molecule has 1 atom stereocenters. The second-order valence-corrected chi connectivity index (χ2v) is 6.40. The predicted molar refractivity (Wildman–Crippen MR) is 96.0 cm³/mol. The van der Waals surface area contributed by atoms with Crippen LogP contribution in [0.5, 0.6) is 0 Å². The van der Waals surface area contributed by atoms with Crippen molar-refractivity contribution in [2.24, 2.45) is 0 Å². The fourth-order valence-corrected chi connectivity index (χ4v) is 3.42. The Morgan fingerprint density at radius 3 is 2.77 bits per heavy atom. The van der Waals surface area contributed by atoms with Crippen LogP contribution in [0.3, 0.4) is 0 Å². The molecule has 0 aliphatic carbocycles. The largest absolute Gasteiger partial charge is 0.339 e. The number of benzene rings is 1. The Bertz CT molecular complexity index is 864. The summed E-state index contributed by atoms with van der Waals surface area (Å²) in [5.41, 5.74) is 2.06. The maximum atomic E-state index is 12.7. The lowest BCUT2D eigenvalue weighted by atomic mass is 10.0. The molecule has 1 aliphatic heterocycles. The van der Waals surface area contributed by atoms with Crippen molar-refractivity contribution in [3.8, 4) is 11.4 Å². The monoisotopic (exact) mass is 348 g/mol. The van der Waals surface area contributed by atoms with E-state index in [2.05, 4.69) is 27.3 Å². The summed E-state index contributed by atoms with van der Waals surface area (Å²) < 4.78 is 5.29. The van der Waals surface area contributed by atoms with E-state index in [1.165, 1.54) is 5.56 Å². The van der Waals surface area contributed by atoms with Gasteiger partial charge in [0.15, 0.2) is 0 Å². The molecule has 6 nitrogen and oxygen atoms in total. The van der Waals surface area contributed by atoms with Gasteiger partial charge in [-0.3, -0.25) is 9.78 Å². The quantitative estimate of drug-likeness (QED) is 0.706. The summed E-state index contributed by atoms with van der Waals surface area (Å²) in [5.74, 6) is 1.15. The van der Waals surface area contributed by atoms with Gasteiger partial charge in [-0.05, 0) is 30.5 Å². The van der Waals surface area contributed by atoms with Gasteiger partial charge in [-0.25, -0.2) is 0 Å². The molecule has 1 amide bonds. The van der Waals surface area contributed by atoms with Gasteiger partial charge in [0.25, 0.3) is 0 Å². The van der Waals surface area contributed by atoms with Crippen molar-refractivity contribution in [1.82, 2.24) is 20.0 Å². The number of carbonyl (C=O) groups is 1. The van der Waals surface area contributed by atoms with Gasteiger partial charge in [-0.1, -0.05) is 35.5 Å². The smallest absolute Gasteiger partial charge is 0.227 e. The minimum atomic E-state index is 0.139. The first-order valence-electron chi connectivity index (χ1n) is 8.88. The molecule has 0 bridgehead atoms. The molecule has 3 heterocycles. The number of aromatic nitrogens is 3. The first kappa shape index (κ1) is 16.4. The zero-order valence-corrected chi connectivity index (χ0v) is 14.4. The minimum absolute atomic E-state index is 0.139. The van der Waals surface area contributed by atoms with Gasteiger partial charge in [0.2, 0.25) is 17.6 Å². The molecule has 1 fully saturated rings. The van der Waals surface area contributed by atoms with Crippen LogP contribution in [-0.4, -0.2) is 32.5 Å². The normalized spacial score (nSPS) is 16.8. The van der Waals surface area contributed by atoms with Crippen molar-refractivity contribution in [1.29, 1.82) is 0 Å². The molecule has 26 heavy (non-hydrogen) atoms. The molecule has 6 heteroatoms. The van der Waals surface area contributed by atoms with Gasteiger partial charge in [0.1, 0.15) is 0 Å². The van der Waals surface area contributed by atoms with Crippen LogP contribution in [0.2, 0.25) is 0 Å². The number of carbonyl (C=O) groups excluding carboxylic acids is 1. The fraction of sp³-hybridized carbons (Fsp3) is 0.300. The first-order valence-corrected chi connectivity index (χ1v) is 8.88. The summed E-state index contributed by atoms with van der Waals surface area (Å²) in [7, 11) is 0. The molecule has 0 unspecified atom stereocenters. The Balaban J connectivity index is 1.39. The summed E-state index contributed by atoms with van der Waals surface area (Å²) in [5, 5.41) is 3.99. The maximum Gasteiger partial charge on any atom is 0.227 e. The lowest BCUT2D eigenvalue weighted by Crippen LogP contribution is -2.30. The number of hydrogen-bond acceptors (Lipinski definition) is 5. The van der Waals surface area contributed by atoms with Gasteiger partial charge in [0, 0.05) is 37.3 Å². The van der Waals surface area contributed by atoms with Gasteiger partial charge >= 0.3 is 0 Å². The van der Waals surface area contributed by atoms with Crippen LogP contribution in [0.15, 0.2) is 59.4 Å². The lowest BCUT2D eigenvalue weighted by molar-refractivity contribution is -0.132. The number of pyridine rings is 1. The number of nitrogens with zero attached hydrogens (tertiary/aromatic N) is 4. The second kappa shape index (κ2) is 7.47. The SMILES string of the molecule is O=C(CCc1nc(-c2ccncc2)no1)N1CCC[C@@H]1c1ccccc1. The van der Waals surface area contributed by atoms with Gasteiger partial charge in [-0.15, -0.1) is 0 Å². The van der Waals surface area contributed by atoms with E-state index in [0.29, 0.717) is 24.6 Å². The van der Waals surface area contributed by atoms with E-state index < -0.39 is 0 Å². The van der Waals surface area contributed by atoms with Gasteiger partial charge < -0.3 is 9.42 Å². The van der Waals surface area contributed by atoms with Gasteiger partial charge in [-0.2, -0.15) is 4.98 Å². The molecule has 0 radical (unpaired) electrons. The van der Waals surface area contributed by atoms with E-state index in [9.17, 15) is 4.79 Å². The predicted octanol–water partition coefficient (Wildman–Crippen LogP) is 3.43. The molecular formula is C20H20N4O2. The fourth-order valence-electron chi connectivity index (χ4n) is 3.42. The molecule has 1 aliphatic rings. The maximum absolute atomic E-state index is 12.7. The molecule has 132 valence electrons. The summed E-state index contributed by atoms with van der Waals surface area (Å²) in [6.45, 7) is 0.810. The summed E-state index contributed by atoms with van der Waals surface area (Å²) in [4.78, 5) is 23.0. The number of hydrogen-bond donors (Lipinski definition) is 0. The molecule has 4 rings (SSSR count). The highest BCUT2D eigenvalue weighted by Gasteiger charge is 2.29. The van der Waals surface area contributed by atoms with E-state index in [4.69, 9.17) is 4.52 Å². The van der Waals surface area contributed by atoms with Crippen LogP contribution in [0, 0.1) is 0 Å². The Hall–Kier alpha value is -3.02. The molecular weight excluding hydrogens is 328 g/mol. The number of rotatable bonds is 5. The van der Waals surface area contributed by atoms with Crippen LogP contribution >= 0.6 is 0 Å². The standard InChI is InChI=1S/C20H20N4O2/c25-19(24-14-4-7-17(24)15-5-2-1-3-6-15)9-8-18-22-20(23-26-18)16-10-12-21-13-11-16/h1-3,5-6,10-13,17H,4,7-9,14H2/t17-/m1/s1. The molecule has 3 aromatic rings. The third kappa shape index (κ3) is 3.49. The van der Waals surface area contributed by atoms with Crippen molar-refractivity contribution >= 4 is 5.91 Å². The number of amides is 1. The highest BCUT2D eigenvalue weighted by atomic mass is 16.5. The Kier molecular flexibility index (Phi) is 4.73. The van der Waals surface area contributed by atoms with E-state index >= 15 is 0 Å². The molecule has 0 saturated carbocycles. The highest BCUT2D eigenvalue weighted by Crippen LogP contribution is 2.32.